The summed E-state index contributed by atoms with van der Waals surface area (Å²) in [6.07, 6.45) is -7.99. The van der Waals surface area contributed by atoms with Gasteiger partial charge in [-0.2, -0.15) is 0 Å². The summed E-state index contributed by atoms with van der Waals surface area (Å²) in [6.45, 7) is 9.36. The number of carbonyl (C=O) groups is 1. The first-order valence-electron chi connectivity index (χ1n) is 24.5. The predicted molar refractivity (Wildman–Crippen MR) is 232 cm³/mol. The van der Waals surface area contributed by atoms with Crippen molar-refractivity contribution >= 4 is 5.97 Å². The largest absolute Gasteiger partial charge is 0.469 e. The maximum atomic E-state index is 13.8. The van der Waals surface area contributed by atoms with Crippen molar-refractivity contribution in [2.24, 2.45) is 23.2 Å². The number of ether oxygens (including phenoxy) is 14. The number of fused-ring (bicyclic) bond motifs is 3. The molecule has 7 fully saturated rings. The molecule has 0 bridgehead atoms. The summed E-state index contributed by atoms with van der Waals surface area (Å²) >= 11 is 0. The van der Waals surface area contributed by atoms with Gasteiger partial charge < -0.3 is 91.8 Å². The number of hydrogen-bond donors (Lipinski definition) is 5. The number of methoxy groups -OCH3 is 3. The van der Waals surface area contributed by atoms with Crippen LogP contribution in [0.2, 0.25) is 0 Å². The quantitative estimate of drug-likeness (QED) is 0.137. The fraction of sp³-hybridized carbons (Fsp3) is 0.896. The molecule has 20 heteroatoms. The fourth-order valence-electron chi connectivity index (χ4n) is 12.8. The van der Waals surface area contributed by atoms with E-state index in [0.29, 0.717) is 38.7 Å². The van der Waals surface area contributed by atoms with Gasteiger partial charge in [0.2, 0.25) is 5.79 Å². The molecule has 7 aliphatic heterocycles. The molecule has 6 saturated heterocycles. The Labute approximate surface area is 397 Å². The molecule has 0 amide bonds. The molecule has 9 rings (SSSR count). The third-order valence-corrected chi connectivity index (χ3v) is 16.6. The Morgan fingerprint density at radius 1 is 0.735 bits per heavy atom. The van der Waals surface area contributed by atoms with Gasteiger partial charge in [-0.25, -0.2) is 0 Å². The highest BCUT2D eigenvalue weighted by molar-refractivity contribution is 5.74. The van der Waals surface area contributed by atoms with Crippen molar-refractivity contribution in [2.45, 2.75) is 215 Å². The Bertz CT molecular complexity index is 1820. The van der Waals surface area contributed by atoms with Crippen LogP contribution in [0.1, 0.15) is 86.0 Å². The molecule has 7 heterocycles. The van der Waals surface area contributed by atoms with Crippen molar-refractivity contribution in [3.05, 3.63) is 23.5 Å². The average molecular weight is 971 g/mol. The van der Waals surface area contributed by atoms with Crippen LogP contribution in [-0.2, 0) is 71.1 Å². The molecule has 0 spiro atoms. The van der Waals surface area contributed by atoms with Crippen molar-refractivity contribution in [1.82, 2.24) is 0 Å². The minimum absolute atomic E-state index is 0.0277. The van der Waals surface area contributed by atoms with Crippen LogP contribution in [-0.4, -0.2) is 195 Å². The molecule has 0 aromatic carbocycles. The molecular formula is C48H74O20. The summed E-state index contributed by atoms with van der Waals surface area (Å²) in [7, 11) is 4.74. The van der Waals surface area contributed by atoms with Crippen LogP contribution in [0.15, 0.2) is 23.5 Å². The van der Waals surface area contributed by atoms with Gasteiger partial charge in [-0.1, -0.05) is 18.6 Å². The van der Waals surface area contributed by atoms with Gasteiger partial charge in [0.05, 0.1) is 80.1 Å². The van der Waals surface area contributed by atoms with Crippen LogP contribution in [0, 0.1) is 23.2 Å². The van der Waals surface area contributed by atoms with Crippen LogP contribution >= 0.6 is 0 Å². The zero-order valence-electron chi connectivity index (χ0n) is 40.4. The molecule has 386 valence electrons. The van der Waals surface area contributed by atoms with Gasteiger partial charge in [0.1, 0.15) is 48.8 Å². The molecule has 0 unspecified atom stereocenters. The molecule has 2 aliphatic carbocycles. The number of hydrogen-bond acceptors (Lipinski definition) is 20. The topological polar surface area (TPSA) is 247 Å². The molecule has 20 nitrogen and oxygen atoms in total. The van der Waals surface area contributed by atoms with Crippen LogP contribution in [0.25, 0.3) is 0 Å². The van der Waals surface area contributed by atoms with Crippen molar-refractivity contribution < 1.29 is 96.6 Å². The van der Waals surface area contributed by atoms with Gasteiger partial charge >= 0.3 is 5.97 Å². The Morgan fingerprint density at radius 3 is 1.88 bits per heavy atom. The zero-order chi connectivity index (χ0) is 48.4. The molecular weight excluding hydrogens is 897 g/mol. The fourth-order valence-corrected chi connectivity index (χ4v) is 12.8. The number of carbonyl (C=O) groups excluding carboxylic acids is 1. The van der Waals surface area contributed by atoms with Crippen LogP contribution in [0.3, 0.4) is 0 Å². The van der Waals surface area contributed by atoms with Gasteiger partial charge in [0.15, 0.2) is 25.2 Å². The maximum absolute atomic E-state index is 13.8. The third kappa shape index (κ3) is 9.58. The van der Waals surface area contributed by atoms with E-state index in [0.717, 1.165) is 18.4 Å². The second kappa shape index (κ2) is 20.5. The number of aliphatic hydroxyl groups excluding tert-OH is 5. The molecule has 0 radical (unpaired) electrons. The van der Waals surface area contributed by atoms with E-state index in [9.17, 15) is 30.3 Å². The van der Waals surface area contributed by atoms with E-state index in [1.807, 2.05) is 20.8 Å². The van der Waals surface area contributed by atoms with Gasteiger partial charge in [0, 0.05) is 47.5 Å². The number of allylic oxidation sites excluding steroid dienone is 1. The molecule has 68 heavy (non-hydrogen) atoms. The summed E-state index contributed by atoms with van der Waals surface area (Å²) in [5.41, 5.74) is 1.87. The van der Waals surface area contributed by atoms with E-state index in [2.05, 4.69) is 13.0 Å². The summed E-state index contributed by atoms with van der Waals surface area (Å²) in [5, 5.41) is 52.5. The lowest BCUT2D eigenvalue weighted by Gasteiger charge is -2.52. The van der Waals surface area contributed by atoms with Crippen LogP contribution < -0.4 is 0 Å². The summed E-state index contributed by atoms with van der Waals surface area (Å²) in [6, 6.07) is 0. The highest BCUT2D eigenvalue weighted by Crippen LogP contribution is 2.57. The summed E-state index contributed by atoms with van der Waals surface area (Å²) in [4.78, 5) is 13.8. The summed E-state index contributed by atoms with van der Waals surface area (Å²) in [5.74, 6) is -1.48. The molecule has 0 aromatic rings. The maximum Gasteiger partial charge on any atom is 0.309 e. The monoisotopic (exact) mass is 970 g/mol. The van der Waals surface area contributed by atoms with Gasteiger partial charge in [0.25, 0.3) is 0 Å². The van der Waals surface area contributed by atoms with E-state index in [1.54, 1.807) is 27.4 Å². The molecule has 1 saturated carbocycles. The first kappa shape index (κ1) is 51.0. The van der Waals surface area contributed by atoms with E-state index >= 15 is 0 Å². The average Bonchev–Trinajstić information content (AvgIpc) is 3.83. The number of esters is 1. The first-order chi connectivity index (χ1) is 32.5. The molecule has 0 aromatic heterocycles. The van der Waals surface area contributed by atoms with E-state index in [4.69, 9.17) is 66.3 Å². The number of rotatable bonds is 12. The van der Waals surface area contributed by atoms with Crippen molar-refractivity contribution in [2.75, 3.05) is 34.5 Å². The highest BCUT2D eigenvalue weighted by atomic mass is 16.8. The zero-order valence-corrected chi connectivity index (χ0v) is 40.4. The van der Waals surface area contributed by atoms with Crippen LogP contribution in [0.5, 0.6) is 0 Å². The van der Waals surface area contributed by atoms with Crippen LogP contribution in [0.4, 0.5) is 0 Å². The SMILES string of the molecule is CO[C@@H]1C[C@H](O[C@@H]2[C@@H](C)O[C@@H](O[C@H]3CC4=CC[C@@H]5C(=O)O[C@@H]6CO[C@]7(C)OC=C(CC[C@H]5[C@]4(C)C[C@@H]3O)[C@H]67)C[C@H]2OC)O[C@H](C)[C@H]1O[C@H]1C[C@@H](OC)[C@H](O[C@H]2O[C@@H](CO)[C@H](O)[C@@H](O)[C@@H]2O)[C@@H](C)O1. The Balaban J connectivity index is 0.779. The first-order valence-corrected chi connectivity index (χ1v) is 24.5. The third-order valence-electron chi connectivity index (χ3n) is 16.6. The van der Waals surface area contributed by atoms with Crippen molar-refractivity contribution in [3.8, 4) is 0 Å². The second-order valence-electron chi connectivity index (χ2n) is 20.7. The Morgan fingerprint density at radius 2 is 1.31 bits per heavy atom. The minimum atomic E-state index is -1.59. The van der Waals surface area contributed by atoms with Gasteiger partial charge in [-0.3, -0.25) is 4.79 Å². The van der Waals surface area contributed by atoms with E-state index in [1.165, 1.54) is 12.7 Å². The smallest absolute Gasteiger partial charge is 0.309 e. The van der Waals surface area contributed by atoms with E-state index in [-0.39, 0.29) is 36.2 Å². The van der Waals surface area contributed by atoms with Gasteiger partial charge in [-0.15, -0.1) is 0 Å². The highest BCUT2D eigenvalue weighted by Gasteiger charge is 2.59. The normalized spacial score (nSPS) is 51.7. The summed E-state index contributed by atoms with van der Waals surface area (Å²) < 4.78 is 86.3. The lowest BCUT2D eigenvalue weighted by molar-refractivity contribution is -0.357. The van der Waals surface area contributed by atoms with Gasteiger partial charge in [-0.05, 0) is 69.8 Å². The predicted octanol–water partition coefficient (Wildman–Crippen LogP) is 1.48. The number of aliphatic hydroxyl groups is 5. The second-order valence-corrected chi connectivity index (χ2v) is 20.7. The Kier molecular flexibility index (Phi) is 15.4. The molecule has 9 aliphatic rings. The van der Waals surface area contributed by atoms with Crippen molar-refractivity contribution in [3.63, 3.8) is 0 Å². The molecule has 25 atom stereocenters. The lowest BCUT2D eigenvalue weighted by Crippen LogP contribution is -2.62. The molecule has 5 N–H and O–H groups in total. The lowest BCUT2D eigenvalue weighted by atomic mass is 9.55. The minimum Gasteiger partial charge on any atom is -0.469 e. The Hall–Kier alpha value is -1.93. The van der Waals surface area contributed by atoms with Crippen molar-refractivity contribution in [1.29, 1.82) is 0 Å². The standard InChI is InChI=1S/C48H74O20/c1-21-42(66-36-15-31(56-7)43(22(2)61-36)67-37-16-32(57-8)44(23(3)62-37)68-46-41(53)40(52)39(51)33(18-49)65-46)30(55-6)14-35(60-21)63-29-13-25-10-11-26-27(47(25,4)17-28(29)50)12-9-24-19-58-48(5)38(24)34(20-59-48)64-45(26)54/h10,19,21-23,26-44,46,49-53H,9,11-18,20H2,1-8H3/t21-,22-,23-,26+,27-,28+,29+,30-,31-,32-,33+,34-,35+,36+,37+,38-,39+,40-,41+,42-,43-,44-,46-,47-,48+/m1/s1. The van der Waals surface area contributed by atoms with E-state index < -0.39 is 135 Å².